The maximum Gasteiger partial charge on any atom is 0.244 e. The van der Waals surface area contributed by atoms with Crippen LogP contribution >= 0.6 is 0 Å². The molecule has 3 aromatic rings. The number of methoxy groups -OCH3 is 1. The number of anilines is 1. The molecule has 2 amide bonds. The van der Waals surface area contributed by atoms with E-state index in [4.69, 9.17) is 4.74 Å². The van der Waals surface area contributed by atoms with Crippen LogP contribution in [0.1, 0.15) is 16.7 Å². The smallest absolute Gasteiger partial charge is 0.244 e. The summed E-state index contributed by atoms with van der Waals surface area (Å²) in [6.07, 6.45) is 1.32. The number of likely N-dealkylation sites (N-methyl/N-ethyl adjacent to an activating group) is 1. The van der Waals surface area contributed by atoms with E-state index in [1.165, 1.54) is 19.1 Å². The molecule has 1 atom stereocenters. The van der Waals surface area contributed by atoms with Crippen molar-refractivity contribution in [2.75, 3.05) is 31.3 Å². The zero-order chi connectivity index (χ0) is 27.0. The maximum absolute atomic E-state index is 13.9. The third-order valence-electron chi connectivity index (χ3n) is 5.97. The number of sulfonamides is 1. The van der Waals surface area contributed by atoms with Crippen LogP contribution in [0.15, 0.2) is 78.9 Å². The molecule has 1 N–H and O–H groups in total. The van der Waals surface area contributed by atoms with Crippen LogP contribution in [0, 0.1) is 6.92 Å². The minimum absolute atomic E-state index is 0.140. The minimum atomic E-state index is -3.83. The Labute approximate surface area is 218 Å². The van der Waals surface area contributed by atoms with Crippen molar-refractivity contribution < 1.29 is 22.7 Å². The fraction of sp³-hybridized carbons (Fsp3) is 0.286. The lowest BCUT2D eigenvalue weighted by molar-refractivity contribution is -0.139. The van der Waals surface area contributed by atoms with Crippen molar-refractivity contribution in [3.63, 3.8) is 0 Å². The Bertz CT molecular complexity index is 1330. The van der Waals surface area contributed by atoms with Crippen molar-refractivity contribution in [3.8, 4) is 5.75 Å². The van der Waals surface area contributed by atoms with E-state index in [2.05, 4.69) is 5.32 Å². The van der Waals surface area contributed by atoms with E-state index in [1.807, 2.05) is 61.5 Å². The number of benzene rings is 3. The number of nitrogens with one attached hydrogen (secondary N) is 1. The molecule has 8 nitrogen and oxygen atoms in total. The molecule has 0 fully saturated rings. The summed E-state index contributed by atoms with van der Waals surface area (Å²) in [5.74, 6) is -0.376. The summed E-state index contributed by atoms with van der Waals surface area (Å²) in [6.45, 7) is 1.62. The third-order valence-corrected chi connectivity index (χ3v) is 7.11. The first-order chi connectivity index (χ1) is 17.6. The summed E-state index contributed by atoms with van der Waals surface area (Å²) in [5, 5.41) is 2.67. The van der Waals surface area contributed by atoms with Gasteiger partial charge in [-0.1, -0.05) is 66.2 Å². The normalized spacial score (nSPS) is 11.9. The van der Waals surface area contributed by atoms with Gasteiger partial charge in [0.15, 0.2) is 0 Å². The molecule has 0 spiro atoms. The first kappa shape index (κ1) is 27.7. The zero-order valence-electron chi connectivity index (χ0n) is 21.5. The van der Waals surface area contributed by atoms with E-state index in [-0.39, 0.29) is 18.9 Å². The number of aryl methyl sites for hydroxylation is 1. The number of ether oxygens (including phenoxy) is 1. The van der Waals surface area contributed by atoms with Crippen molar-refractivity contribution in [3.05, 3.63) is 95.6 Å². The molecule has 3 rings (SSSR count). The summed E-state index contributed by atoms with van der Waals surface area (Å²) in [4.78, 5) is 28.4. The molecule has 37 heavy (non-hydrogen) atoms. The average Bonchev–Trinajstić information content (AvgIpc) is 2.88. The van der Waals surface area contributed by atoms with Gasteiger partial charge in [0.25, 0.3) is 0 Å². The second-order valence-electron chi connectivity index (χ2n) is 8.80. The largest absolute Gasteiger partial charge is 0.497 e. The monoisotopic (exact) mass is 523 g/mol. The quantitative estimate of drug-likeness (QED) is 0.417. The van der Waals surface area contributed by atoms with Crippen LogP contribution in [0.2, 0.25) is 0 Å². The van der Waals surface area contributed by atoms with E-state index in [9.17, 15) is 18.0 Å². The van der Waals surface area contributed by atoms with Crippen LogP contribution in [0.4, 0.5) is 5.69 Å². The van der Waals surface area contributed by atoms with E-state index in [1.54, 1.807) is 24.3 Å². The van der Waals surface area contributed by atoms with Crippen molar-refractivity contribution in [2.45, 2.75) is 25.9 Å². The van der Waals surface area contributed by atoms with Gasteiger partial charge in [-0.25, -0.2) is 8.42 Å². The number of amides is 2. The molecule has 0 heterocycles. The SMILES string of the molecule is CNC(=O)[C@H](Cc1ccccc1)N(Cc1cccc(C)c1)C(=O)CN(c1cccc(OC)c1)S(C)(=O)=O. The highest BCUT2D eigenvalue weighted by Gasteiger charge is 2.32. The van der Waals surface area contributed by atoms with Crippen molar-refractivity contribution in [1.82, 2.24) is 10.2 Å². The Morgan fingerprint density at radius 1 is 0.946 bits per heavy atom. The molecular weight excluding hydrogens is 490 g/mol. The first-order valence-electron chi connectivity index (χ1n) is 11.8. The number of carbonyl (C=O) groups excluding carboxylic acids is 2. The van der Waals surface area contributed by atoms with Gasteiger partial charge in [-0.3, -0.25) is 13.9 Å². The Hall–Kier alpha value is -3.85. The van der Waals surface area contributed by atoms with Gasteiger partial charge in [0, 0.05) is 26.1 Å². The molecule has 3 aromatic carbocycles. The fourth-order valence-corrected chi connectivity index (χ4v) is 4.95. The molecule has 0 aromatic heterocycles. The average molecular weight is 524 g/mol. The summed E-state index contributed by atoms with van der Waals surface area (Å²) in [7, 11) is -0.827. The van der Waals surface area contributed by atoms with Crippen LogP contribution in [-0.4, -0.2) is 58.1 Å². The Balaban J connectivity index is 2.03. The molecule has 9 heteroatoms. The van der Waals surface area contributed by atoms with Gasteiger partial charge >= 0.3 is 0 Å². The summed E-state index contributed by atoms with van der Waals surface area (Å²) >= 11 is 0. The molecule has 0 radical (unpaired) electrons. The molecule has 0 bridgehead atoms. The number of hydrogen-bond donors (Lipinski definition) is 1. The van der Waals surface area contributed by atoms with Gasteiger partial charge in [0.05, 0.1) is 19.1 Å². The topological polar surface area (TPSA) is 96.0 Å². The standard InChI is InChI=1S/C28H33N3O5S/c1-21-10-8-13-23(16-21)19-30(26(28(33)29-2)17-22-11-6-5-7-12-22)27(32)20-31(37(4,34)35)24-14-9-15-25(18-24)36-3/h5-16,18,26H,17,19-20H2,1-4H3,(H,29,33)/t26-/m0/s1. The maximum atomic E-state index is 13.9. The Morgan fingerprint density at radius 3 is 2.24 bits per heavy atom. The van der Waals surface area contributed by atoms with Gasteiger partial charge in [-0.05, 0) is 30.2 Å². The molecule has 196 valence electrons. The van der Waals surface area contributed by atoms with Crippen LogP contribution < -0.4 is 14.4 Å². The predicted molar refractivity (Wildman–Crippen MR) is 145 cm³/mol. The van der Waals surface area contributed by atoms with Crippen LogP contribution in [0.25, 0.3) is 0 Å². The van der Waals surface area contributed by atoms with Crippen LogP contribution in [-0.2, 0) is 32.6 Å². The van der Waals surface area contributed by atoms with Gasteiger partial charge in [-0.15, -0.1) is 0 Å². The van der Waals surface area contributed by atoms with Gasteiger partial charge < -0.3 is 15.0 Å². The van der Waals surface area contributed by atoms with E-state index in [0.29, 0.717) is 11.4 Å². The first-order valence-corrected chi connectivity index (χ1v) is 13.7. The molecule has 0 unspecified atom stereocenters. The highest BCUT2D eigenvalue weighted by molar-refractivity contribution is 7.92. The second kappa shape index (κ2) is 12.4. The van der Waals surface area contributed by atoms with Gasteiger partial charge in [0.2, 0.25) is 21.8 Å². The van der Waals surface area contributed by atoms with Gasteiger partial charge in [0.1, 0.15) is 18.3 Å². The number of carbonyl (C=O) groups is 2. The fourth-order valence-electron chi connectivity index (χ4n) is 4.11. The summed E-state index contributed by atoms with van der Waals surface area (Å²) in [6, 6.07) is 22.7. The highest BCUT2D eigenvalue weighted by Crippen LogP contribution is 2.24. The molecule has 0 aliphatic rings. The lowest BCUT2D eigenvalue weighted by Gasteiger charge is -2.33. The van der Waals surface area contributed by atoms with Crippen molar-refractivity contribution in [2.24, 2.45) is 0 Å². The number of hydrogen-bond acceptors (Lipinski definition) is 5. The third kappa shape index (κ3) is 7.57. The lowest BCUT2D eigenvalue weighted by atomic mass is 10.0. The molecule has 0 saturated heterocycles. The Kier molecular flexibility index (Phi) is 9.30. The van der Waals surface area contributed by atoms with Crippen molar-refractivity contribution >= 4 is 27.5 Å². The van der Waals surface area contributed by atoms with Crippen LogP contribution in [0.5, 0.6) is 5.75 Å². The summed E-state index contributed by atoms with van der Waals surface area (Å²) in [5.41, 5.74) is 3.03. The Morgan fingerprint density at radius 2 is 1.62 bits per heavy atom. The zero-order valence-corrected chi connectivity index (χ0v) is 22.4. The number of nitrogens with zero attached hydrogens (tertiary/aromatic N) is 2. The predicted octanol–water partition coefficient (Wildman–Crippen LogP) is 3.16. The van der Waals surface area contributed by atoms with E-state index >= 15 is 0 Å². The van der Waals surface area contributed by atoms with Gasteiger partial charge in [-0.2, -0.15) is 0 Å². The number of rotatable bonds is 11. The highest BCUT2D eigenvalue weighted by atomic mass is 32.2. The minimum Gasteiger partial charge on any atom is -0.497 e. The van der Waals surface area contributed by atoms with E-state index < -0.39 is 28.5 Å². The van der Waals surface area contributed by atoms with Crippen molar-refractivity contribution in [1.29, 1.82) is 0 Å². The van der Waals surface area contributed by atoms with Crippen LogP contribution in [0.3, 0.4) is 0 Å². The molecule has 0 aliphatic heterocycles. The second-order valence-corrected chi connectivity index (χ2v) is 10.7. The lowest BCUT2D eigenvalue weighted by Crippen LogP contribution is -2.52. The molecular formula is C28H33N3O5S. The van der Waals surface area contributed by atoms with E-state index in [0.717, 1.165) is 27.3 Å². The molecule has 0 aliphatic carbocycles. The summed E-state index contributed by atoms with van der Waals surface area (Å²) < 4.78 is 31.8. The molecule has 0 saturated carbocycles.